The molecule has 0 spiro atoms. The van der Waals surface area contributed by atoms with Gasteiger partial charge in [0.2, 0.25) is 0 Å². The van der Waals surface area contributed by atoms with Gasteiger partial charge in [-0.05, 0) is 16.7 Å². The van der Waals surface area contributed by atoms with Gasteiger partial charge >= 0.3 is 0 Å². The quantitative estimate of drug-likeness (QED) is 0.157. The average molecular weight is 535 g/mol. The molecular formula is C38H30O3. The molecule has 3 nitrogen and oxygen atoms in total. The van der Waals surface area contributed by atoms with E-state index in [2.05, 4.69) is 0 Å². The molecule has 0 aromatic heterocycles. The van der Waals surface area contributed by atoms with Crippen LogP contribution in [0.1, 0.15) is 55.2 Å². The van der Waals surface area contributed by atoms with Gasteiger partial charge in [-0.1, -0.05) is 152 Å². The van der Waals surface area contributed by atoms with Crippen molar-refractivity contribution >= 4 is 17.3 Å². The molecular weight excluding hydrogens is 504 g/mol. The second kappa shape index (κ2) is 11.7. The molecule has 0 heterocycles. The van der Waals surface area contributed by atoms with E-state index in [9.17, 15) is 14.4 Å². The first-order valence-electron chi connectivity index (χ1n) is 14.0. The summed E-state index contributed by atoms with van der Waals surface area (Å²) in [5.74, 6) is -3.93. The number of hydrogen-bond donors (Lipinski definition) is 0. The maximum atomic E-state index is 14.9. The predicted molar refractivity (Wildman–Crippen MR) is 161 cm³/mol. The van der Waals surface area contributed by atoms with E-state index in [1.807, 2.05) is 140 Å². The molecule has 5 aromatic carbocycles. The van der Waals surface area contributed by atoms with Crippen molar-refractivity contribution < 1.29 is 14.4 Å². The number of hydrogen-bond acceptors (Lipinski definition) is 3. The van der Waals surface area contributed by atoms with Crippen LogP contribution in [0.3, 0.4) is 0 Å². The fourth-order valence-electron chi connectivity index (χ4n) is 6.56. The van der Waals surface area contributed by atoms with Gasteiger partial charge in [0, 0.05) is 28.9 Å². The Morgan fingerprint density at radius 2 is 0.780 bits per heavy atom. The number of carbonyl (C=O) groups is 3. The normalized spacial score (nSPS) is 22.1. The van der Waals surface area contributed by atoms with E-state index in [0.29, 0.717) is 11.1 Å². The minimum Gasteiger partial charge on any atom is -0.298 e. The van der Waals surface area contributed by atoms with Gasteiger partial charge in [0.05, 0.1) is 11.8 Å². The zero-order valence-corrected chi connectivity index (χ0v) is 22.5. The standard InChI is InChI=1S/C38H30O3/c39-36(29-22-12-4-13-23-29)34-31(26-16-6-1-7-17-26)33(28-20-10-3-11-21-28)38(41)35(32(34)27-18-8-2-9-19-27)37(40)30-24-14-5-15-25-30/h1-25,31-35H/t31-,32-,33-,34+,35?/m1/s1. The number of carbonyl (C=O) groups excluding carboxylic acids is 3. The average Bonchev–Trinajstić information content (AvgIpc) is 3.05. The Labute approximate surface area is 240 Å². The highest BCUT2D eigenvalue weighted by Gasteiger charge is 2.56. The molecule has 0 amide bonds. The summed E-state index contributed by atoms with van der Waals surface area (Å²) in [7, 11) is 0. The highest BCUT2D eigenvalue weighted by Crippen LogP contribution is 2.55. The summed E-state index contributed by atoms with van der Waals surface area (Å²) in [6.07, 6.45) is 0. The van der Waals surface area contributed by atoms with Crippen LogP contribution in [0.25, 0.3) is 0 Å². The third kappa shape index (κ3) is 5.07. The highest BCUT2D eigenvalue weighted by atomic mass is 16.2. The second-order valence-corrected chi connectivity index (χ2v) is 10.6. The molecule has 1 unspecified atom stereocenters. The van der Waals surface area contributed by atoms with Gasteiger partial charge in [0.15, 0.2) is 17.3 Å². The van der Waals surface area contributed by atoms with Gasteiger partial charge < -0.3 is 0 Å². The van der Waals surface area contributed by atoms with E-state index in [0.717, 1.165) is 16.7 Å². The van der Waals surface area contributed by atoms with Crippen molar-refractivity contribution in [2.24, 2.45) is 11.8 Å². The maximum Gasteiger partial charge on any atom is 0.173 e. The molecule has 0 N–H and O–H groups in total. The van der Waals surface area contributed by atoms with Crippen LogP contribution in [0.15, 0.2) is 152 Å². The van der Waals surface area contributed by atoms with Crippen molar-refractivity contribution in [2.45, 2.75) is 17.8 Å². The fraction of sp³-hybridized carbons (Fsp3) is 0.132. The molecule has 0 aliphatic heterocycles. The number of benzene rings is 5. The fourth-order valence-corrected chi connectivity index (χ4v) is 6.56. The summed E-state index contributed by atoms with van der Waals surface area (Å²) in [5, 5.41) is 0. The molecule has 1 aliphatic rings. The lowest BCUT2D eigenvalue weighted by atomic mass is 9.54. The lowest BCUT2D eigenvalue weighted by molar-refractivity contribution is -0.127. The third-order valence-electron chi connectivity index (χ3n) is 8.33. The first kappa shape index (κ1) is 26.3. The topological polar surface area (TPSA) is 51.2 Å². The molecule has 41 heavy (non-hydrogen) atoms. The molecule has 1 fully saturated rings. The largest absolute Gasteiger partial charge is 0.298 e. The predicted octanol–water partition coefficient (Wildman–Crippen LogP) is 7.92. The Bertz CT molecular complexity index is 1630. The summed E-state index contributed by atoms with van der Waals surface area (Å²) < 4.78 is 0. The number of ketones is 3. The van der Waals surface area contributed by atoms with E-state index in [4.69, 9.17) is 0 Å². The lowest BCUT2D eigenvalue weighted by Gasteiger charge is -2.46. The minimum absolute atomic E-state index is 0.0624. The van der Waals surface area contributed by atoms with Crippen LogP contribution in [0.4, 0.5) is 0 Å². The van der Waals surface area contributed by atoms with Crippen LogP contribution < -0.4 is 0 Å². The number of Topliss-reactive ketones (excluding diaryl/α,β-unsaturated/α-hetero) is 3. The summed E-state index contributed by atoms with van der Waals surface area (Å²) in [4.78, 5) is 44.0. The molecule has 200 valence electrons. The molecule has 6 rings (SSSR count). The molecule has 3 heteroatoms. The van der Waals surface area contributed by atoms with Crippen LogP contribution >= 0.6 is 0 Å². The molecule has 0 saturated heterocycles. The molecule has 1 saturated carbocycles. The van der Waals surface area contributed by atoms with E-state index in [1.54, 1.807) is 12.1 Å². The van der Waals surface area contributed by atoms with Gasteiger partial charge in [0.1, 0.15) is 0 Å². The first-order chi connectivity index (χ1) is 20.1. The summed E-state index contributed by atoms with van der Waals surface area (Å²) >= 11 is 0. The van der Waals surface area contributed by atoms with Crippen molar-refractivity contribution in [1.29, 1.82) is 0 Å². The molecule has 1 aliphatic carbocycles. The zero-order chi connectivity index (χ0) is 28.2. The Hall–Kier alpha value is -4.89. The lowest BCUT2D eigenvalue weighted by Crippen LogP contribution is -2.49. The first-order valence-corrected chi connectivity index (χ1v) is 14.0. The smallest absolute Gasteiger partial charge is 0.173 e. The Morgan fingerprint density at radius 3 is 1.24 bits per heavy atom. The minimum atomic E-state index is -1.03. The van der Waals surface area contributed by atoms with Crippen molar-refractivity contribution in [3.05, 3.63) is 179 Å². The van der Waals surface area contributed by atoms with Gasteiger partial charge in [-0.15, -0.1) is 0 Å². The Balaban J connectivity index is 1.64. The highest BCUT2D eigenvalue weighted by molar-refractivity contribution is 6.15. The third-order valence-corrected chi connectivity index (χ3v) is 8.33. The van der Waals surface area contributed by atoms with Crippen molar-refractivity contribution in [3.8, 4) is 0 Å². The summed E-state index contributed by atoms with van der Waals surface area (Å²) in [6, 6.07) is 47.3. The van der Waals surface area contributed by atoms with E-state index in [1.165, 1.54) is 0 Å². The van der Waals surface area contributed by atoms with Gasteiger partial charge in [-0.2, -0.15) is 0 Å². The zero-order valence-electron chi connectivity index (χ0n) is 22.5. The van der Waals surface area contributed by atoms with E-state index in [-0.39, 0.29) is 17.3 Å². The van der Waals surface area contributed by atoms with E-state index >= 15 is 0 Å². The van der Waals surface area contributed by atoms with Gasteiger partial charge in [0.25, 0.3) is 0 Å². The van der Waals surface area contributed by atoms with Crippen LogP contribution in [0.2, 0.25) is 0 Å². The molecule has 0 radical (unpaired) electrons. The number of rotatable bonds is 7. The van der Waals surface area contributed by atoms with Gasteiger partial charge in [-0.3, -0.25) is 14.4 Å². The Kier molecular flexibility index (Phi) is 7.51. The SMILES string of the molecule is O=C(c1ccccc1)C1C(=O)[C@H](c2ccccc2)[C@@H](c2ccccc2)[C@H](C(=O)c2ccccc2)[C@H]1c1ccccc1. The van der Waals surface area contributed by atoms with Crippen LogP contribution in [0, 0.1) is 11.8 Å². The molecule has 5 atom stereocenters. The summed E-state index contributed by atoms with van der Waals surface area (Å²) in [5.41, 5.74) is 3.59. The van der Waals surface area contributed by atoms with Crippen LogP contribution in [-0.4, -0.2) is 17.3 Å². The van der Waals surface area contributed by atoms with Crippen LogP contribution in [0.5, 0.6) is 0 Å². The van der Waals surface area contributed by atoms with Crippen molar-refractivity contribution in [3.63, 3.8) is 0 Å². The van der Waals surface area contributed by atoms with Crippen molar-refractivity contribution in [2.75, 3.05) is 0 Å². The second-order valence-electron chi connectivity index (χ2n) is 10.6. The molecule has 0 bridgehead atoms. The summed E-state index contributed by atoms with van der Waals surface area (Å²) in [6.45, 7) is 0. The maximum absolute atomic E-state index is 14.9. The van der Waals surface area contributed by atoms with Gasteiger partial charge in [-0.25, -0.2) is 0 Å². The van der Waals surface area contributed by atoms with Crippen LogP contribution in [-0.2, 0) is 4.79 Å². The Morgan fingerprint density at radius 1 is 0.415 bits per heavy atom. The monoisotopic (exact) mass is 534 g/mol. The van der Waals surface area contributed by atoms with Crippen molar-refractivity contribution in [1.82, 2.24) is 0 Å². The van der Waals surface area contributed by atoms with E-state index < -0.39 is 29.6 Å². The molecule has 5 aromatic rings.